The Morgan fingerprint density at radius 2 is 1.75 bits per heavy atom. The number of allylic oxidation sites excluding steroid dienone is 1. The summed E-state index contributed by atoms with van der Waals surface area (Å²) < 4.78 is 11.4. The predicted octanol–water partition coefficient (Wildman–Crippen LogP) is 2.66. The first kappa shape index (κ1) is 22.2. The molecule has 1 heterocycles. The molecule has 10 nitrogen and oxygen atoms in total. The van der Waals surface area contributed by atoms with Gasteiger partial charge in [0.15, 0.2) is 11.5 Å². The first-order valence-corrected chi connectivity index (χ1v) is 9.38. The summed E-state index contributed by atoms with van der Waals surface area (Å²) in [6, 6.07) is 8.39. The van der Waals surface area contributed by atoms with Crippen LogP contribution in [0.3, 0.4) is 0 Å². The standard InChI is InChI=1S/C22H19N3O7/c1-3-4-15-9-14(10-17-20(26)23-22(28)24-21(17)27)11-18(31-2)19(15)32-12-13-5-7-16(8-6-13)25(29)30/h3,5-11H,1,4,12H2,2H3,(H2,23,24,26,27,28). The van der Waals surface area contributed by atoms with Gasteiger partial charge in [0, 0.05) is 17.7 Å². The molecular formula is C22H19N3O7. The Bertz CT molecular complexity index is 1110. The van der Waals surface area contributed by atoms with Crippen LogP contribution in [0.4, 0.5) is 10.5 Å². The molecular weight excluding hydrogens is 418 g/mol. The van der Waals surface area contributed by atoms with Crippen LogP contribution in [0.15, 0.2) is 54.6 Å². The fourth-order valence-corrected chi connectivity index (χ4v) is 3.03. The minimum Gasteiger partial charge on any atom is -0.493 e. The van der Waals surface area contributed by atoms with Gasteiger partial charge in [-0.2, -0.15) is 0 Å². The van der Waals surface area contributed by atoms with Gasteiger partial charge in [0.25, 0.3) is 17.5 Å². The average Bonchev–Trinajstić information content (AvgIpc) is 2.75. The van der Waals surface area contributed by atoms with E-state index in [0.717, 1.165) is 0 Å². The van der Waals surface area contributed by atoms with Crippen molar-refractivity contribution < 1.29 is 28.8 Å². The van der Waals surface area contributed by atoms with Crippen molar-refractivity contribution in [2.24, 2.45) is 0 Å². The van der Waals surface area contributed by atoms with Crippen LogP contribution in [0.5, 0.6) is 11.5 Å². The summed E-state index contributed by atoms with van der Waals surface area (Å²) in [7, 11) is 1.45. The smallest absolute Gasteiger partial charge is 0.328 e. The Hall–Kier alpha value is -4.47. The number of hydrogen-bond acceptors (Lipinski definition) is 7. The van der Waals surface area contributed by atoms with E-state index in [1.54, 1.807) is 30.3 Å². The fraction of sp³-hybridized carbons (Fsp3) is 0.136. The highest BCUT2D eigenvalue weighted by Crippen LogP contribution is 2.35. The highest BCUT2D eigenvalue weighted by atomic mass is 16.6. The van der Waals surface area contributed by atoms with Gasteiger partial charge in [-0.3, -0.25) is 30.3 Å². The number of urea groups is 1. The van der Waals surface area contributed by atoms with Crippen molar-refractivity contribution in [2.45, 2.75) is 13.0 Å². The second-order valence-corrected chi connectivity index (χ2v) is 6.71. The normalized spacial score (nSPS) is 13.2. The first-order valence-electron chi connectivity index (χ1n) is 9.38. The van der Waals surface area contributed by atoms with E-state index in [0.29, 0.717) is 34.6 Å². The number of ether oxygens (including phenoxy) is 2. The van der Waals surface area contributed by atoms with Gasteiger partial charge in [-0.25, -0.2) is 4.79 Å². The Kier molecular flexibility index (Phi) is 6.64. The number of carbonyl (C=O) groups excluding carboxylic acids is 3. The van der Waals surface area contributed by atoms with Crippen LogP contribution in [0.25, 0.3) is 6.08 Å². The van der Waals surface area contributed by atoms with Crippen molar-refractivity contribution in [3.8, 4) is 11.5 Å². The summed E-state index contributed by atoms with van der Waals surface area (Å²) in [4.78, 5) is 45.6. The zero-order chi connectivity index (χ0) is 23.3. The number of methoxy groups -OCH3 is 1. The third-order valence-electron chi connectivity index (χ3n) is 4.52. The molecule has 0 spiro atoms. The minimum atomic E-state index is -0.878. The Morgan fingerprint density at radius 3 is 2.31 bits per heavy atom. The van der Waals surface area contributed by atoms with Crippen molar-refractivity contribution in [1.29, 1.82) is 0 Å². The van der Waals surface area contributed by atoms with Crippen LogP contribution in [0, 0.1) is 10.1 Å². The van der Waals surface area contributed by atoms with E-state index in [-0.39, 0.29) is 17.9 Å². The number of hydrogen-bond donors (Lipinski definition) is 2. The molecule has 164 valence electrons. The summed E-state index contributed by atoms with van der Waals surface area (Å²) >= 11 is 0. The van der Waals surface area contributed by atoms with Gasteiger partial charge in [-0.1, -0.05) is 6.08 Å². The van der Waals surface area contributed by atoms with Crippen molar-refractivity contribution in [1.82, 2.24) is 10.6 Å². The molecule has 4 amide bonds. The first-order chi connectivity index (χ1) is 15.3. The molecule has 32 heavy (non-hydrogen) atoms. The molecule has 3 rings (SSSR count). The summed E-state index contributed by atoms with van der Waals surface area (Å²) in [5.41, 5.74) is 1.63. The lowest BCUT2D eigenvalue weighted by Gasteiger charge is -2.17. The molecule has 1 fully saturated rings. The molecule has 10 heteroatoms. The molecule has 2 N–H and O–H groups in total. The zero-order valence-corrected chi connectivity index (χ0v) is 17.0. The number of non-ortho nitro benzene ring substituents is 1. The fourth-order valence-electron chi connectivity index (χ4n) is 3.03. The molecule has 0 unspecified atom stereocenters. The number of barbiturate groups is 1. The SMILES string of the molecule is C=CCc1cc(C=C2C(=O)NC(=O)NC2=O)cc(OC)c1OCc1ccc([N+](=O)[O-])cc1. The van der Waals surface area contributed by atoms with Crippen LogP contribution in [0.1, 0.15) is 16.7 Å². The van der Waals surface area contributed by atoms with Gasteiger partial charge in [-0.05, 0) is 47.9 Å². The van der Waals surface area contributed by atoms with Crippen LogP contribution in [-0.4, -0.2) is 29.9 Å². The third-order valence-corrected chi connectivity index (χ3v) is 4.52. The number of imide groups is 2. The van der Waals surface area contributed by atoms with Crippen molar-refractivity contribution >= 4 is 29.6 Å². The van der Waals surface area contributed by atoms with Gasteiger partial charge in [0.05, 0.1) is 12.0 Å². The summed E-state index contributed by atoms with van der Waals surface area (Å²) in [6.07, 6.45) is 3.40. The molecule has 0 aromatic heterocycles. The molecule has 2 aromatic rings. The highest BCUT2D eigenvalue weighted by molar-refractivity contribution is 6.31. The van der Waals surface area contributed by atoms with Crippen LogP contribution in [-0.2, 0) is 22.6 Å². The Morgan fingerprint density at radius 1 is 1.09 bits per heavy atom. The molecule has 0 radical (unpaired) electrons. The predicted molar refractivity (Wildman–Crippen MR) is 114 cm³/mol. The second kappa shape index (κ2) is 9.56. The maximum atomic E-state index is 12.0. The van der Waals surface area contributed by atoms with Gasteiger partial charge in [-0.15, -0.1) is 6.58 Å². The number of nitrogens with zero attached hydrogens (tertiary/aromatic N) is 1. The monoisotopic (exact) mass is 437 g/mol. The largest absolute Gasteiger partial charge is 0.493 e. The number of amides is 4. The van der Waals surface area contributed by atoms with E-state index >= 15 is 0 Å². The van der Waals surface area contributed by atoms with E-state index < -0.39 is 22.8 Å². The summed E-state index contributed by atoms with van der Waals surface area (Å²) in [6.45, 7) is 3.86. The van der Waals surface area contributed by atoms with E-state index in [1.807, 2.05) is 10.6 Å². The quantitative estimate of drug-likeness (QED) is 0.213. The van der Waals surface area contributed by atoms with Crippen molar-refractivity contribution in [3.05, 3.63) is 81.4 Å². The van der Waals surface area contributed by atoms with Crippen LogP contribution >= 0.6 is 0 Å². The average molecular weight is 437 g/mol. The van der Waals surface area contributed by atoms with Gasteiger partial charge in [0.1, 0.15) is 12.2 Å². The molecule has 1 aliphatic rings. The Balaban J connectivity index is 1.91. The lowest BCUT2D eigenvalue weighted by molar-refractivity contribution is -0.384. The van der Waals surface area contributed by atoms with Crippen molar-refractivity contribution in [3.63, 3.8) is 0 Å². The molecule has 2 aromatic carbocycles. The van der Waals surface area contributed by atoms with Crippen LogP contribution < -0.4 is 20.1 Å². The maximum absolute atomic E-state index is 12.0. The van der Waals surface area contributed by atoms with Gasteiger partial charge >= 0.3 is 6.03 Å². The molecule has 0 aliphatic carbocycles. The lowest BCUT2D eigenvalue weighted by atomic mass is 10.0. The lowest BCUT2D eigenvalue weighted by Crippen LogP contribution is -2.51. The zero-order valence-electron chi connectivity index (χ0n) is 17.0. The van der Waals surface area contributed by atoms with Gasteiger partial charge in [0.2, 0.25) is 0 Å². The molecule has 0 bridgehead atoms. The van der Waals surface area contributed by atoms with E-state index in [9.17, 15) is 24.5 Å². The van der Waals surface area contributed by atoms with E-state index in [2.05, 4.69) is 6.58 Å². The number of nitrogens with one attached hydrogen (secondary N) is 2. The Labute approximate surface area is 182 Å². The van der Waals surface area contributed by atoms with Gasteiger partial charge < -0.3 is 9.47 Å². The molecule has 1 aliphatic heterocycles. The second-order valence-electron chi connectivity index (χ2n) is 6.71. The summed E-state index contributed by atoms with van der Waals surface area (Å²) in [5, 5.41) is 14.8. The third kappa shape index (κ3) is 4.98. The number of nitro benzene ring substituents is 1. The van der Waals surface area contributed by atoms with E-state index in [4.69, 9.17) is 9.47 Å². The van der Waals surface area contributed by atoms with Crippen LogP contribution in [0.2, 0.25) is 0 Å². The number of nitro groups is 1. The molecule has 1 saturated heterocycles. The highest BCUT2D eigenvalue weighted by Gasteiger charge is 2.28. The molecule has 0 saturated carbocycles. The minimum absolute atomic E-state index is 0.0199. The van der Waals surface area contributed by atoms with Crippen molar-refractivity contribution in [2.75, 3.05) is 7.11 Å². The summed E-state index contributed by atoms with van der Waals surface area (Å²) in [5.74, 6) is -0.825. The molecule has 0 atom stereocenters. The number of carbonyl (C=O) groups is 3. The maximum Gasteiger partial charge on any atom is 0.328 e. The number of rotatable bonds is 8. The number of benzene rings is 2. The topological polar surface area (TPSA) is 137 Å². The van der Waals surface area contributed by atoms with E-state index in [1.165, 1.54) is 25.3 Å².